The molecule has 1 aliphatic heterocycles. The van der Waals surface area contributed by atoms with Crippen molar-refractivity contribution >= 4 is 6.09 Å². The Labute approximate surface area is 139 Å². The zero-order chi connectivity index (χ0) is 18.1. The minimum atomic E-state index is -3.17. The molecule has 0 saturated carbocycles. The molecular weight excluding hydrogens is 320 g/mol. The lowest BCUT2D eigenvalue weighted by molar-refractivity contribution is -0.0861. The van der Waals surface area contributed by atoms with Gasteiger partial charge in [0.25, 0.3) is 5.92 Å². The Morgan fingerprint density at radius 3 is 2.71 bits per heavy atom. The van der Waals surface area contributed by atoms with Crippen LogP contribution in [0.4, 0.5) is 13.6 Å². The molecule has 8 heteroatoms. The molecule has 134 valence electrons. The van der Waals surface area contributed by atoms with Gasteiger partial charge in [0.1, 0.15) is 11.4 Å². The molecule has 1 N–H and O–H groups in total. The smallest absolute Gasteiger partial charge is 0.410 e. The number of hydrogen-bond donors (Lipinski definition) is 1. The first kappa shape index (κ1) is 18.5. The number of nitrogens with zero attached hydrogens (tertiary/aromatic N) is 3. The molecule has 6 nitrogen and oxygen atoms in total. The third-order valence-corrected chi connectivity index (χ3v) is 3.77. The third kappa shape index (κ3) is 4.17. The molecule has 0 bridgehead atoms. The number of aromatic nitrogens is 2. The van der Waals surface area contributed by atoms with Crippen molar-refractivity contribution in [2.75, 3.05) is 13.1 Å². The topological polar surface area (TPSA) is 75.6 Å². The van der Waals surface area contributed by atoms with Crippen LogP contribution in [0.2, 0.25) is 0 Å². The second kappa shape index (κ2) is 6.58. The van der Waals surface area contributed by atoms with E-state index in [1.54, 1.807) is 27.7 Å². The molecule has 0 aromatic carbocycles. The zero-order valence-corrected chi connectivity index (χ0v) is 14.3. The van der Waals surface area contributed by atoms with Crippen molar-refractivity contribution in [1.82, 2.24) is 14.9 Å². The van der Waals surface area contributed by atoms with Crippen molar-refractivity contribution in [2.45, 2.75) is 58.2 Å². The summed E-state index contributed by atoms with van der Waals surface area (Å²) >= 11 is 0. The Bertz CT molecular complexity index is 617. The van der Waals surface area contributed by atoms with Crippen molar-refractivity contribution < 1.29 is 23.4 Å². The Morgan fingerprint density at radius 1 is 1.50 bits per heavy atom. The summed E-state index contributed by atoms with van der Waals surface area (Å²) in [6.45, 7) is 5.67. The number of aliphatic hydroxyl groups is 1. The number of carbonyl (C=O) groups is 1. The molecule has 2 heterocycles. The first-order valence-electron chi connectivity index (χ1n) is 7.82. The van der Waals surface area contributed by atoms with E-state index >= 15 is 0 Å². The number of aliphatic hydroxyl groups excluding tert-OH is 1. The third-order valence-electron chi connectivity index (χ3n) is 3.77. The highest BCUT2D eigenvalue weighted by atomic mass is 19.3. The van der Waals surface area contributed by atoms with Crippen LogP contribution in [0.5, 0.6) is 0 Å². The fourth-order valence-corrected chi connectivity index (χ4v) is 2.69. The molecule has 0 aliphatic carbocycles. The van der Waals surface area contributed by atoms with Gasteiger partial charge in [-0.15, -0.1) is 0 Å². The Kier molecular flexibility index (Phi) is 5.08. The predicted octanol–water partition coefficient (Wildman–Crippen LogP) is 2.64. The van der Waals surface area contributed by atoms with Gasteiger partial charge in [0, 0.05) is 18.3 Å². The molecular formula is C16H23F2N3O3. The van der Waals surface area contributed by atoms with Gasteiger partial charge in [-0.25, -0.2) is 23.5 Å². The lowest BCUT2D eigenvalue weighted by atomic mass is 9.87. The number of halogens is 2. The van der Waals surface area contributed by atoms with Crippen molar-refractivity contribution in [3.05, 3.63) is 23.3 Å². The Hall–Kier alpha value is -1.83. The lowest BCUT2D eigenvalue weighted by Crippen LogP contribution is -2.51. The van der Waals surface area contributed by atoms with Crippen LogP contribution in [-0.4, -0.2) is 50.7 Å². The van der Waals surface area contributed by atoms with Crippen LogP contribution in [0.1, 0.15) is 50.2 Å². The number of rotatable bonds is 2. The summed E-state index contributed by atoms with van der Waals surface area (Å²) in [5, 5.41) is 9.37. The summed E-state index contributed by atoms with van der Waals surface area (Å²) in [4.78, 5) is 21.1. The van der Waals surface area contributed by atoms with E-state index < -0.39 is 36.7 Å². The summed E-state index contributed by atoms with van der Waals surface area (Å²) in [7, 11) is 0. The maximum absolute atomic E-state index is 14.7. The van der Waals surface area contributed by atoms with Gasteiger partial charge in [0.2, 0.25) is 0 Å². The van der Waals surface area contributed by atoms with E-state index in [1.165, 1.54) is 6.20 Å². The van der Waals surface area contributed by atoms with E-state index in [4.69, 9.17) is 4.74 Å². The number of piperidine rings is 1. The van der Waals surface area contributed by atoms with Gasteiger partial charge < -0.3 is 14.7 Å². The number of aryl methyl sites for hydroxylation is 1. The van der Waals surface area contributed by atoms with Gasteiger partial charge in [-0.3, -0.25) is 0 Å². The molecule has 1 aliphatic rings. The number of likely N-dealkylation sites (tertiary alicyclic amines) is 1. The highest BCUT2D eigenvalue weighted by molar-refractivity contribution is 5.68. The molecule has 0 spiro atoms. The van der Waals surface area contributed by atoms with E-state index in [9.17, 15) is 18.7 Å². The summed E-state index contributed by atoms with van der Waals surface area (Å²) in [5.41, 5.74) is -0.299. The van der Waals surface area contributed by atoms with E-state index in [0.29, 0.717) is 5.82 Å². The Balaban J connectivity index is 2.21. The van der Waals surface area contributed by atoms with E-state index in [-0.39, 0.29) is 24.2 Å². The summed E-state index contributed by atoms with van der Waals surface area (Å²) in [6.07, 6.45) is 0.658. The second-order valence-electron chi connectivity index (χ2n) is 6.99. The highest BCUT2D eigenvalue weighted by Crippen LogP contribution is 2.41. The predicted molar refractivity (Wildman–Crippen MR) is 82.8 cm³/mol. The van der Waals surface area contributed by atoms with Gasteiger partial charge in [-0.2, -0.15) is 0 Å². The first-order chi connectivity index (χ1) is 11.0. The number of carbonyl (C=O) groups excluding carboxylic acids is 1. The minimum Gasteiger partial charge on any atom is -0.444 e. The fourth-order valence-electron chi connectivity index (χ4n) is 2.69. The van der Waals surface area contributed by atoms with Gasteiger partial charge in [0.15, 0.2) is 0 Å². The van der Waals surface area contributed by atoms with E-state index in [2.05, 4.69) is 9.97 Å². The van der Waals surface area contributed by atoms with Crippen LogP contribution in [0.3, 0.4) is 0 Å². The molecule has 2 rings (SSSR count). The SMILES string of the molecule is Cc1ncc(CO)c(C2CCN(C(=O)OC(C)(C)C)CC2(F)F)n1. The summed E-state index contributed by atoms with van der Waals surface area (Å²) in [6, 6.07) is 0. The number of amides is 1. The molecule has 1 aromatic heterocycles. The number of alkyl halides is 2. The zero-order valence-electron chi connectivity index (χ0n) is 14.3. The van der Waals surface area contributed by atoms with Crippen molar-refractivity contribution in [3.8, 4) is 0 Å². The van der Waals surface area contributed by atoms with Crippen LogP contribution < -0.4 is 0 Å². The van der Waals surface area contributed by atoms with Crippen LogP contribution in [0.25, 0.3) is 0 Å². The molecule has 1 aromatic rings. The number of hydrogen-bond acceptors (Lipinski definition) is 5. The van der Waals surface area contributed by atoms with Crippen molar-refractivity contribution in [2.24, 2.45) is 0 Å². The number of ether oxygens (including phenoxy) is 1. The maximum Gasteiger partial charge on any atom is 0.410 e. The molecule has 24 heavy (non-hydrogen) atoms. The molecule has 1 fully saturated rings. The summed E-state index contributed by atoms with van der Waals surface area (Å²) in [5.74, 6) is -3.97. The van der Waals surface area contributed by atoms with Crippen LogP contribution in [0.15, 0.2) is 6.20 Å². The van der Waals surface area contributed by atoms with E-state index in [0.717, 1.165) is 4.90 Å². The summed E-state index contributed by atoms with van der Waals surface area (Å²) < 4.78 is 34.5. The highest BCUT2D eigenvalue weighted by Gasteiger charge is 2.48. The maximum atomic E-state index is 14.7. The van der Waals surface area contributed by atoms with Crippen molar-refractivity contribution in [1.29, 1.82) is 0 Å². The second-order valence-corrected chi connectivity index (χ2v) is 6.99. The molecule has 1 atom stereocenters. The Morgan fingerprint density at radius 2 is 2.17 bits per heavy atom. The van der Waals surface area contributed by atoms with Crippen LogP contribution >= 0.6 is 0 Å². The van der Waals surface area contributed by atoms with Gasteiger partial charge >= 0.3 is 6.09 Å². The molecule has 1 amide bonds. The molecule has 1 unspecified atom stereocenters. The van der Waals surface area contributed by atoms with Crippen LogP contribution in [0, 0.1) is 6.92 Å². The quantitative estimate of drug-likeness (QED) is 0.893. The molecule has 0 radical (unpaired) electrons. The lowest BCUT2D eigenvalue weighted by Gasteiger charge is -2.38. The standard InChI is InChI=1S/C16H23F2N3O3/c1-10-19-7-11(8-22)13(20-10)12-5-6-21(9-16(12,17)18)14(23)24-15(2,3)4/h7,12,22H,5-6,8-9H2,1-4H3. The molecule has 1 saturated heterocycles. The average Bonchev–Trinajstić information content (AvgIpc) is 2.44. The monoisotopic (exact) mass is 343 g/mol. The van der Waals surface area contributed by atoms with Crippen molar-refractivity contribution in [3.63, 3.8) is 0 Å². The van der Waals surface area contributed by atoms with Gasteiger partial charge in [-0.05, 0) is 34.1 Å². The normalized spacial score (nSPS) is 20.8. The van der Waals surface area contributed by atoms with Gasteiger partial charge in [-0.1, -0.05) is 0 Å². The first-order valence-corrected chi connectivity index (χ1v) is 7.82. The average molecular weight is 343 g/mol. The largest absolute Gasteiger partial charge is 0.444 e. The minimum absolute atomic E-state index is 0.0374. The van der Waals surface area contributed by atoms with Gasteiger partial charge in [0.05, 0.1) is 24.8 Å². The van der Waals surface area contributed by atoms with Crippen LogP contribution in [-0.2, 0) is 11.3 Å². The van der Waals surface area contributed by atoms with E-state index in [1.807, 2.05) is 0 Å². The fraction of sp³-hybridized carbons (Fsp3) is 0.688.